The third kappa shape index (κ3) is 3.32. The van der Waals surface area contributed by atoms with Gasteiger partial charge in [-0.1, -0.05) is 6.08 Å². The maximum Gasteiger partial charge on any atom is 0.432 e. The van der Waals surface area contributed by atoms with Crippen LogP contribution in [0.2, 0.25) is 0 Å². The van der Waals surface area contributed by atoms with Crippen LogP contribution in [0.4, 0.5) is 13.2 Å². The van der Waals surface area contributed by atoms with Crippen molar-refractivity contribution in [1.82, 2.24) is 0 Å². The Balaban J connectivity index is 2.87. The van der Waals surface area contributed by atoms with Crippen molar-refractivity contribution in [1.29, 1.82) is 5.26 Å². The molecule has 0 fully saturated rings. The molecule has 0 aromatic heterocycles. The van der Waals surface area contributed by atoms with Gasteiger partial charge in [0.25, 0.3) is 0 Å². The second-order valence-corrected chi connectivity index (χ2v) is 6.67. The zero-order valence-corrected chi connectivity index (χ0v) is 10.6. The second-order valence-electron chi connectivity index (χ2n) is 4.02. The van der Waals surface area contributed by atoms with Crippen LogP contribution in [-0.4, -0.2) is 28.1 Å². The van der Waals surface area contributed by atoms with Crippen molar-refractivity contribution in [3.05, 3.63) is 11.8 Å². The summed E-state index contributed by atoms with van der Waals surface area (Å²) in [5.74, 6) is -0.411. The molecular weight excluding hydrogens is 267 g/mol. The number of halogens is 3. The van der Waals surface area contributed by atoms with Crippen molar-refractivity contribution in [2.75, 3.05) is 6.26 Å². The molecule has 0 spiro atoms. The van der Waals surface area contributed by atoms with Crippen LogP contribution in [0, 0.1) is 17.4 Å². The van der Waals surface area contributed by atoms with Gasteiger partial charge in [-0.05, 0) is 13.3 Å². The largest absolute Gasteiger partial charge is 0.432 e. The van der Waals surface area contributed by atoms with Gasteiger partial charge in [0.2, 0.25) is 6.19 Å². The minimum atomic E-state index is -4.46. The van der Waals surface area contributed by atoms with Crippen LogP contribution in [0.5, 0.6) is 0 Å². The minimum Gasteiger partial charge on any atom is -0.256 e. The van der Waals surface area contributed by atoms with Crippen LogP contribution in [0.15, 0.2) is 21.1 Å². The van der Waals surface area contributed by atoms with Gasteiger partial charge < -0.3 is 0 Å². The quantitative estimate of drug-likeness (QED) is 0.729. The first-order valence-electron chi connectivity index (χ1n) is 5.09. The van der Waals surface area contributed by atoms with E-state index in [2.05, 4.69) is 9.36 Å². The standard InChI is InChI=1S/C10H12F3N3OS/c1-7(18(2,17)16-6-14)8-3-4-9(15-5-8)10(11,12)13/h4-5,7-8H,3H2,1-2H3. The Morgan fingerprint density at radius 3 is 2.67 bits per heavy atom. The fraction of sp³-hybridized carbons (Fsp3) is 0.600. The molecule has 0 aromatic rings. The molecule has 0 N–H and O–H groups in total. The van der Waals surface area contributed by atoms with Crippen LogP contribution in [0.1, 0.15) is 13.3 Å². The molecule has 100 valence electrons. The molecule has 0 aliphatic carbocycles. The summed E-state index contributed by atoms with van der Waals surface area (Å²) in [6.07, 6.45) is 0.531. The van der Waals surface area contributed by atoms with E-state index in [-0.39, 0.29) is 6.42 Å². The first-order chi connectivity index (χ1) is 8.18. The van der Waals surface area contributed by atoms with Gasteiger partial charge in [-0.3, -0.25) is 4.99 Å². The lowest BCUT2D eigenvalue weighted by molar-refractivity contribution is -0.0928. The molecule has 0 aromatic carbocycles. The van der Waals surface area contributed by atoms with Gasteiger partial charge in [0, 0.05) is 23.6 Å². The highest BCUT2D eigenvalue weighted by atomic mass is 32.2. The summed E-state index contributed by atoms with van der Waals surface area (Å²) in [4.78, 5) is 3.34. The summed E-state index contributed by atoms with van der Waals surface area (Å²) in [5, 5.41) is 7.87. The Kier molecular flexibility index (Phi) is 4.16. The number of rotatable bonds is 2. The SMILES string of the molecule is CC(C1C=NC(C(F)(F)F)=CC1)S(C)(=O)=NC#N. The van der Waals surface area contributed by atoms with Crippen LogP contribution in [-0.2, 0) is 9.73 Å². The lowest BCUT2D eigenvalue weighted by atomic mass is 10.0. The summed E-state index contributed by atoms with van der Waals surface area (Å²) in [7, 11) is -2.75. The molecule has 3 atom stereocenters. The zero-order valence-electron chi connectivity index (χ0n) is 9.81. The van der Waals surface area contributed by atoms with Gasteiger partial charge in [-0.15, -0.1) is 4.36 Å². The molecule has 0 saturated carbocycles. The average molecular weight is 279 g/mol. The van der Waals surface area contributed by atoms with Crippen LogP contribution in [0.3, 0.4) is 0 Å². The highest BCUT2D eigenvalue weighted by Gasteiger charge is 2.36. The second kappa shape index (κ2) is 5.10. The fourth-order valence-electron chi connectivity index (χ4n) is 1.53. The van der Waals surface area contributed by atoms with Gasteiger partial charge in [0.15, 0.2) is 0 Å². The van der Waals surface area contributed by atoms with Crippen LogP contribution < -0.4 is 0 Å². The van der Waals surface area contributed by atoms with Gasteiger partial charge in [-0.25, -0.2) is 4.21 Å². The fourth-order valence-corrected chi connectivity index (χ4v) is 2.69. The number of hydrogen-bond donors (Lipinski definition) is 0. The van der Waals surface area contributed by atoms with E-state index in [4.69, 9.17) is 5.26 Å². The first kappa shape index (κ1) is 14.7. The van der Waals surface area contributed by atoms with Crippen molar-refractivity contribution >= 4 is 15.9 Å². The zero-order chi connectivity index (χ0) is 14.0. The third-order valence-electron chi connectivity index (χ3n) is 2.79. The molecule has 0 radical (unpaired) electrons. The number of aliphatic imine (C=N–C) groups is 1. The van der Waals surface area contributed by atoms with E-state index in [9.17, 15) is 17.4 Å². The molecule has 0 amide bonds. The molecule has 1 heterocycles. The molecule has 1 rings (SSSR count). The number of nitrogens with zero attached hydrogens (tertiary/aromatic N) is 3. The topological polar surface area (TPSA) is 65.6 Å². The summed E-state index contributed by atoms with van der Waals surface area (Å²) in [6.45, 7) is 1.59. The van der Waals surface area contributed by atoms with E-state index in [0.717, 1.165) is 12.3 Å². The van der Waals surface area contributed by atoms with Crippen LogP contribution in [0.25, 0.3) is 0 Å². The van der Waals surface area contributed by atoms with Crippen molar-refractivity contribution in [3.63, 3.8) is 0 Å². The normalized spacial score (nSPS) is 24.7. The molecule has 18 heavy (non-hydrogen) atoms. The number of hydrogen-bond acceptors (Lipinski definition) is 4. The Bertz CT molecular complexity index is 536. The molecular formula is C10H12F3N3OS. The number of alkyl halides is 3. The molecule has 8 heteroatoms. The molecule has 0 bridgehead atoms. The molecule has 1 aliphatic heterocycles. The molecule has 4 nitrogen and oxygen atoms in total. The Hall–Kier alpha value is -1.36. The minimum absolute atomic E-state index is 0.0886. The van der Waals surface area contributed by atoms with Crippen molar-refractivity contribution in [3.8, 4) is 6.19 Å². The average Bonchev–Trinajstić information content (AvgIpc) is 2.27. The number of allylic oxidation sites excluding steroid dienone is 2. The summed E-state index contributed by atoms with van der Waals surface area (Å²) < 4.78 is 52.3. The Morgan fingerprint density at radius 1 is 1.67 bits per heavy atom. The maximum atomic E-state index is 12.3. The van der Waals surface area contributed by atoms with E-state index in [0.29, 0.717) is 0 Å². The molecule has 0 saturated heterocycles. The van der Waals surface area contributed by atoms with Gasteiger partial charge in [0.1, 0.15) is 5.70 Å². The van der Waals surface area contributed by atoms with E-state index >= 15 is 0 Å². The monoisotopic (exact) mass is 279 g/mol. The lowest BCUT2D eigenvalue weighted by Crippen LogP contribution is -2.29. The summed E-state index contributed by atoms with van der Waals surface area (Å²) in [6, 6.07) is 0. The third-order valence-corrected chi connectivity index (χ3v) is 4.97. The summed E-state index contributed by atoms with van der Waals surface area (Å²) >= 11 is 0. The van der Waals surface area contributed by atoms with E-state index in [1.165, 1.54) is 12.4 Å². The molecule has 3 unspecified atom stereocenters. The van der Waals surface area contributed by atoms with E-state index in [1.807, 2.05) is 0 Å². The Labute approximate surface area is 103 Å². The Morgan fingerprint density at radius 2 is 2.28 bits per heavy atom. The van der Waals surface area contributed by atoms with Gasteiger partial charge in [-0.2, -0.15) is 18.4 Å². The van der Waals surface area contributed by atoms with Gasteiger partial charge >= 0.3 is 6.18 Å². The van der Waals surface area contributed by atoms with E-state index < -0.39 is 32.8 Å². The molecule has 1 aliphatic rings. The summed E-state index contributed by atoms with van der Waals surface area (Å²) in [5.41, 5.74) is -0.939. The first-order valence-corrected chi connectivity index (χ1v) is 7.07. The maximum absolute atomic E-state index is 12.3. The van der Waals surface area contributed by atoms with E-state index in [1.54, 1.807) is 6.92 Å². The predicted molar refractivity (Wildman–Crippen MR) is 62.3 cm³/mol. The van der Waals surface area contributed by atoms with Crippen molar-refractivity contribution in [2.45, 2.75) is 24.8 Å². The van der Waals surface area contributed by atoms with Gasteiger partial charge in [0.05, 0.1) is 9.73 Å². The lowest BCUT2D eigenvalue weighted by Gasteiger charge is -2.23. The highest BCUT2D eigenvalue weighted by molar-refractivity contribution is 7.93. The van der Waals surface area contributed by atoms with Crippen molar-refractivity contribution in [2.24, 2.45) is 15.3 Å². The van der Waals surface area contributed by atoms with Crippen LogP contribution >= 0.6 is 0 Å². The number of nitriles is 1. The predicted octanol–water partition coefficient (Wildman–Crippen LogP) is 2.49. The smallest absolute Gasteiger partial charge is 0.256 e. The highest BCUT2D eigenvalue weighted by Crippen LogP contribution is 2.31. The van der Waals surface area contributed by atoms with Crippen molar-refractivity contribution < 1.29 is 17.4 Å².